The minimum Gasteiger partial charge on any atom is -0.362 e. The maximum Gasteiger partial charge on any atom is 0.145 e. The Kier molecular flexibility index (Phi) is 3.19. The predicted molar refractivity (Wildman–Crippen MR) is 65.1 cm³/mol. The Balaban J connectivity index is 2.10. The van der Waals surface area contributed by atoms with Crippen LogP contribution in [0.1, 0.15) is 24.2 Å². The van der Waals surface area contributed by atoms with E-state index in [-0.39, 0.29) is 6.04 Å². The van der Waals surface area contributed by atoms with Crippen molar-refractivity contribution in [2.24, 2.45) is 0 Å². The lowest BCUT2D eigenvalue weighted by Crippen LogP contribution is -2.08. The fourth-order valence-electron chi connectivity index (χ4n) is 1.49. The van der Waals surface area contributed by atoms with Crippen LogP contribution in [0.3, 0.4) is 0 Å². The molecule has 0 fully saturated rings. The number of H-pyrrole nitrogens is 1. The van der Waals surface area contributed by atoms with Crippen LogP contribution in [0.4, 0.5) is 5.82 Å². The van der Waals surface area contributed by atoms with Crippen molar-refractivity contribution in [2.75, 3.05) is 5.32 Å². The molecule has 0 radical (unpaired) electrons. The number of hydrogen-bond donors (Lipinski definition) is 2. The number of nitrogens with one attached hydrogen (secondary N) is 2. The van der Waals surface area contributed by atoms with E-state index in [1.54, 1.807) is 12.4 Å². The summed E-state index contributed by atoms with van der Waals surface area (Å²) in [6.07, 6.45) is 5.24. The van der Waals surface area contributed by atoms with Crippen molar-refractivity contribution in [3.63, 3.8) is 0 Å². The van der Waals surface area contributed by atoms with Crippen LogP contribution in [-0.2, 0) is 0 Å². The molecule has 16 heavy (non-hydrogen) atoms. The maximum atomic E-state index is 4.21. The minimum atomic E-state index is 0.147. The molecule has 0 saturated carbocycles. The molecular formula is C10H12BrN5. The van der Waals surface area contributed by atoms with Crippen LogP contribution >= 0.6 is 15.9 Å². The summed E-state index contributed by atoms with van der Waals surface area (Å²) in [7, 11) is 0. The highest BCUT2D eigenvalue weighted by molar-refractivity contribution is 9.10. The smallest absolute Gasteiger partial charge is 0.145 e. The van der Waals surface area contributed by atoms with Gasteiger partial charge in [-0.05, 0) is 29.8 Å². The van der Waals surface area contributed by atoms with E-state index >= 15 is 0 Å². The first-order chi connectivity index (χ1) is 7.66. The van der Waals surface area contributed by atoms with E-state index < -0.39 is 0 Å². The number of anilines is 1. The summed E-state index contributed by atoms with van der Waals surface area (Å²) < 4.78 is 0.727. The number of rotatable bonds is 3. The quantitative estimate of drug-likeness (QED) is 0.907. The average molecular weight is 282 g/mol. The summed E-state index contributed by atoms with van der Waals surface area (Å²) in [5.74, 6) is 0.747. The SMILES string of the molecule is Cc1n[nH]cc1C(C)Nc1cnc(Br)cn1. The van der Waals surface area contributed by atoms with E-state index in [4.69, 9.17) is 0 Å². The van der Waals surface area contributed by atoms with Gasteiger partial charge in [0.2, 0.25) is 0 Å². The number of nitrogens with zero attached hydrogens (tertiary/aromatic N) is 3. The molecule has 0 aromatic carbocycles. The van der Waals surface area contributed by atoms with Gasteiger partial charge in [0.15, 0.2) is 0 Å². The third-order valence-corrected chi connectivity index (χ3v) is 2.73. The third kappa shape index (κ3) is 2.38. The summed E-state index contributed by atoms with van der Waals surface area (Å²) in [6, 6.07) is 0.147. The van der Waals surface area contributed by atoms with Gasteiger partial charge < -0.3 is 5.32 Å². The fraction of sp³-hybridized carbons (Fsp3) is 0.300. The van der Waals surface area contributed by atoms with Gasteiger partial charge in [-0.25, -0.2) is 9.97 Å². The Labute approximate surface area is 102 Å². The second-order valence-corrected chi connectivity index (χ2v) is 4.33. The van der Waals surface area contributed by atoms with Crippen LogP contribution in [-0.4, -0.2) is 20.2 Å². The molecule has 2 aromatic rings. The molecule has 2 rings (SSSR count). The molecule has 0 spiro atoms. The molecule has 0 aliphatic heterocycles. The topological polar surface area (TPSA) is 66.5 Å². The van der Waals surface area contributed by atoms with Crippen molar-refractivity contribution in [2.45, 2.75) is 19.9 Å². The van der Waals surface area contributed by atoms with Gasteiger partial charge in [-0.15, -0.1) is 0 Å². The number of aryl methyl sites for hydroxylation is 1. The summed E-state index contributed by atoms with van der Waals surface area (Å²) in [6.45, 7) is 4.03. The normalized spacial score (nSPS) is 12.4. The van der Waals surface area contributed by atoms with Gasteiger partial charge in [0.1, 0.15) is 10.4 Å². The molecular weight excluding hydrogens is 270 g/mol. The Bertz CT molecular complexity index is 464. The van der Waals surface area contributed by atoms with Gasteiger partial charge in [-0.1, -0.05) is 0 Å². The highest BCUT2D eigenvalue weighted by atomic mass is 79.9. The first-order valence-electron chi connectivity index (χ1n) is 4.91. The van der Waals surface area contributed by atoms with Crippen LogP contribution in [0.15, 0.2) is 23.2 Å². The molecule has 0 bridgehead atoms. The van der Waals surface area contributed by atoms with E-state index in [9.17, 15) is 0 Å². The minimum absolute atomic E-state index is 0.147. The van der Waals surface area contributed by atoms with E-state index in [0.29, 0.717) is 0 Å². The van der Waals surface area contributed by atoms with Crippen LogP contribution < -0.4 is 5.32 Å². The Morgan fingerprint density at radius 2 is 2.19 bits per heavy atom. The number of aromatic amines is 1. The van der Waals surface area contributed by atoms with Gasteiger partial charge in [0.05, 0.1) is 24.1 Å². The molecule has 2 aromatic heterocycles. The Morgan fingerprint density at radius 1 is 1.38 bits per heavy atom. The van der Waals surface area contributed by atoms with E-state index in [0.717, 1.165) is 21.7 Å². The zero-order valence-corrected chi connectivity index (χ0v) is 10.6. The zero-order valence-electron chi connectivity index (χ0n) is 9.03. The van der Waals surface area contributed by atoms with E-state index in [1.165, 1.54) is 0 Å². The molecule has 1 atom stereocenters. The van der Waals surface area contributed by atoms with Crippen molar-refractivity contribution in [1.29, 1.82) is 0 Å². The van der Waals surface area contributed by atoms with Gasteiger partial charge >= 0.3 is 0 Å². The van der Waals surface area contributed by atoms with Crippen LogP contribution in [0.5, 0.6) is 0 Å². The van der Waals surface area contributed by atoms with Crippen molar-refractivity contribution >= 4 is 21.7 Å². The summed E-state index contributed by atoms with van der Waals surface area (Å²) in [5, 5.41) is 10.2. The molecule has 0 aliphatic carbocycles. The lowest BCUT2D eigenvalue weighted by molar-refractivity contribution is 0.861. The highest BCUT2D eigenvalue weighted by Crippen LogP contribution is 2.19. The van der Waals surface area contributed by atoms with Crippen LogP contribution in [0, 0.1) is 6.92 Å². The van der Waals surface area contributed by atoms with Crippen molar-refractivity contribution in [1.82, 2.24) is 20.2 Å². The zero-order chi connectivity index (χ0) is 11.5. The van der Waals surface area contributed by atoms with Gasteiger partial charge in [-0.2, -0.15) is 5.10 Å². The summed E-state index contributed by atoms with van der Waals surface area (Å²) in [4.78, 5) is 8.31. The standard InChI is InChI=1S/C10H12BrN5/c1-6(8-3-14-16-7(8)2)15-10-5-12-9(11)4-13-10/h3-6H,1-2H3,(H,13,15)(H,14,16). The molecule has 2 heterocycles. The Hall–Kier alpha value is -1.43. The lowest BCUT2D eigenvalue weighted by atomic mass is 10.1. The summed E-state index contributed by atoms with van der Waals surface area (Å²) in [5.41, 5.74) is 2.12. The number of hydrogen-bond acceptors (Lipinski definition) is 4. The van der Waals surface area contributed by atoms with Crippen LogP contribution in [0.25, 0.3) is 0 Å². The van der Waals surface area contributed by atoms with Gasteiger partial charge in [0, 0.05) is 11.8 Å². The van der Waals surface area contributed by atoms with E-state index in [2.05, 4.69) is 48.3 Å². The highest BCUT2D eigenvalue weighted by Gasteiger charge is 2.10. The third-order valence-electron chi connectivity index (χ3n) is 2.32. The van der Waals surface area contributed by atoms with Gasteiger partial charge in [0.25, 0.3) is 0 Å². The monoisotopic (exact) mass is 281 g/mol. The van der Waals surface area contributed by atoms with E-state index in [1.807, 2.05) is 13.1 Å². The molecule has 0 saturated heterocycles. The van der Waals surface area contributed by atoms with Crippen LogP contribution in [0.2, 0.25) is 0 Å². The summed E-state index contributed by atoms with van der Waals surface area (Å²) >= 11 is 3.25. The molecule has 84 valence electrons. The number of aromatic nitrogens is 4. The number of halogens is 1. The molecule has 0 amide bonds. The maximum absolute atomic E-state index is 4.21. The molecule has 6 heteroatoms. The van der Waals surface area contributed by atoms with Gasteiger partial charge in [-0.3, -0.25) is 5.10 Å². The first-order valence-corrected chi connectivity index (χ1v) is 5.70. The predicted octanol–water partition coefficient (Wildman–Crippen LogP) is 2.44. The van der Waals surface area contributed by atoms with Crippen molar-refractivity contribution < 1.29 is 0 Å². The molecule has 0 aliphatic rings. The Morgan fingerprint density at radius 3 is 2.75 bits per heavy atom. The second-order valence-electron chi connectivity index (χ2n) is 3.52. The largest absolute Gasteiger partial charge is 0.362 e. The molecule has 2 N–H and O–H groups in total. The van der Waals surface area contributed by atoms with Crippen molar-refractivity contribution in [3.05, 3.63) is 34.5 Å². The van der Waals surface area contributed by atoms with Crippen molar-refractivity contribution in [3.8, 4) is 0 Å². The molecule has 5 nitrogen and oxygen atoms in total. The first kappa shape index (κ1) is 11.1. The average Bonchev–Trinajstić information content (AvgIpc) is 2.68. The molecule has 1 unspecified atom stereocenters. The lowest BCUT2D eigenvalue weighted by Gasteiger charge is -2.13. The fourth-order valence-corrected chi connectivity index (χ4v) is 1.70. The second kappa shape index (κ2) is 4.61.